The summed E-state index contributed by atoms with van der Waals surface area (Å²) in [6.07, 6.45) is 0. The van der Waals surface area contributed by atoms with Gasteiger partial charge in [0.1, 0.15) is 10.8 Å². The number of carbonyl (C=O) groups excluding carboxylic acids is 1. The Morgan fingerprint density at radius 1 is 1.17 bits per heavy atom. The number of hydrogen-bond acceptors (Lipinski definition) is 5. The molecule has 2 aromatic carbocycles. The molecule has 0 atom stereocenters. The van der Waals surface area contributed by atoms with Crippen molar-refractivity contribution >= 4 is 28.0 Å². The molecule has 7 nitrogen and oxygen atoms in total. The van der Waals surface area contributed by atoms with E-state index in [0.29, 0.717) is 21.3 Å². The van der Waals surface area contributed by atoms with Crippen LogP contribution in [0.4, 0.5) is 14.9 Å². The predicted octanol–water partition coefficient (Wildman–Crippen LogP) is 3.59. The van der Waals surface area contributed by atoms with E-state index in [4.69, 9.17) is 0 Å². The summed E-state index contributed by atoms with van der Waals surface area (Å²) in [4.78, 5) is 29.3. The third-order valence-electron chi connectivity index (χ3n) is 4.21. The van der Waals surface area contributed by atoms with Crippen LogP contribution < -0.4 is 16.2 Å². The maximum Gasteiger partial charge on any atom is 0.319 e. The number of anilines is 1. The largest absolute Gasteiger partial charge is 0.332 e. The number of aryl methyl sites for hydroxylation is 1. The van der Waals surface area contributed by atoms with E-state index in [1.165, 1.54) is 46.2 Å². The first-order valence-electron chi connectivity index (χ1n) is 8.76. The van der Waals surface area contributed by atoms with Crippen LogP contribution in [0.3, 0.4) is 0 Å². The smallest absolute Gasteiger partial charge is 0.319 e. The van der Waals surface area contributed by atoms with Crippen LogP contribution in [0.1, 0.15) is 11.3 Å². The Kier molecular flexibility index (Phi) is 5.05. The number of nitrogens with one attached hydrogen (secondary N) is 2. The van der Waals surface area contributed by atoms with Crippen LogP contribution in [0, 0.1) is 12.7 Å². The molecule has 2 amide bonds. The molecule has 0 unspecified atom stereocenters. The molecule has 29 heavy (non-hydrogen) atoms. The third kappa shape index (κ3) is 4.14. The average molecular weight is 409 g/mol. The summed E-state index contributed by atoms with van der Waals surface area (Å²) in [7, 11) is 0. The van der Waals surface area contributed by atoms with Crippen LogP contribution in [0.2, 0.25) is 0 Å². The lowest BCUT2D eigenvalue weighted by atomic mass is 10.1. The van der Waals surface area contributed by atoms with Crippen molar-refractivity contribution in [3.05, 3.63) is 82.0 Å². The van der Waals surface area contributed by atoms with Crippen LogP contribution in [0.25, 0.3) is 15.5 Å². The van der Waals surface area contributed by atoms with Gasteiger partial charge in [0.2, 0.25) is 4.96 Å². The second-order valence-electron chi connectivity index (χ2n) is 6.32. The average Bonchev–Trinajstić information content (AvgIpc) is 3.13. The maximum absolute atomic E-state index is 12.9. The van der Waals surface area contributed by atoms with Crippen LogP contribution in [0.15, 0.2) is 59.4 Å². The SMILES string of the molecule is Cc1ccccc1-c1nn2c(=O)cc(CNC(=O)Nc3ccc(F)cc3)nc2s1. The van der Waals surface area contributed by atoms with Crippen molar-refractivity contribution < 1.29 is 9.18 Å². The number of amides is 2. The number of rotatable bonds is 4. The van der Waals surface area contributed by atoms with Crippen molar-refractivity contribution in [2.45, 2.75) is 13.5 Å². The fourth-order valence-corrected chi connectivity index (χ4v) is 3.76. The van der Waals surface area contributed by atoms with E-state index >= 15 is 0 Å². The molecule has 0 aliphatic rings. The van der Waals surface area contributed by atoms with E-state index in [1.54, 1.807) is 0 Å². The normalized spacial score (nSPS) is 10.8. The monoisotopic (exact) mass is 409 g/mol. The van der Waals surface area contributed by atoms with Crippen molar-refractivity contribution in [3.63, 3.8) is 0 Å². The summed E-state index contributed by atoms with van der Waals surface area (Å²) in [5.74, 6) is -0.386. The van der Waals surface area contributed by atoms with Gasteiger partial charge in [-0.25, -0.2) is 14.2 Å². The van der Waals surface area contributed by atoms with Gasteiger partial charge < -0.3 is 10.6 Å². The molecule has 2 aromatic heterocycles. The minimum Gasteiger partial charge on any atom is -0.332 e. The minimum atomic E-state index is -0.483. The van der Waals surface area contributed by atoms with Gasteiger partial charge in [0, 0.05) is 17.3 Å². The maximum atomic E-state index is 12.9. The molecule has 0 bridgehead atoms. The van der Waals surface area contributed by atoms with Gasteiger partial charge in [-0.2, -0.15) is 9.61 Å². The highest BCUT2D eigenvalue weighted by Gasteiger charge is 2.12. The van der Waals surface area contributed by atoms with Gasteiger partial charge in [-0.05, 0) is 36.8 Å². The molecule has 0 radical (unpaired) electrons. The van der Waals surface area contributed by atoms with E-state index in [-0.39, 0.29) is 17.9 Å². The van der Waals surface area contributed by atoms with Gasteiger partial charge in [-0.1, -0.05) is 35.6 Å². The molecule has 2 heterocycles. The zero-order chi connectivity index (χ0) is 20.4. The Balaban J connectivity index is 1.51. The van der Waals surface area contributed by atoms with Crippen molar-refractivity contribution in [1.29, 1.82) is 0 Å². The molecule has 0 fully saturated rings. The molecule has 9 heteroatoms. The van der Waals surface area contributed by atoms with Crippen molar-refractivity contribution in [1.82, 2.24) is 19.9 Å². The Morgan fingerprint density at radius 3 is 2.69 bits per heavy atom. The summed E-state index contributed by atoms with van der Waals surface area (Å²) >= 11 is 1.31. The van der Waals surface area contributed by atoms with Gasteiger partial charge in [0.05, 0.1) is 12.2 Å². The molecular weight excluding hydrogens is 393 g/mol. The van der Waals surface area contributed by atoms with Gasteiger partial charge >= 0.3 is 6.03 Å². The number of benzene rings is 2. The first-order chi connectivity index (χ1) is 14.0. The zero-order valence-electron chi connectivity index (χ0n) is 15.3. The highest BCUT2D eigenvalue weighted by atomic mass is 32.1. The van der Waals surface area contributed by atoms with Crippen molar-refractivity contribution in [2.24, 2.45) is 0 Å². The van der Waals surface area contributed by atoms with Gasteiger partial charge in [-0.3, -0.25) is 4.79 Å². The zero-order valence-corrected chi connectivity index (χ0v) is 16.2. The quantitative estimate of drug-likeness (QED) is 0.539. The Labute approximate surface area is 168 Å². The summed E-state index contributed by atoms with van der Waals surface area (Å²) in [5, 5.41) is 10.3. The molecule has 4 aromatic rings. The molecule has 0 aliphatic carbocycles. The Bertz CT molecular complexity index is 1250. The highest BCUT2D eigenvalue weighted by Crippen LogP contribution is 2.26. The predicted molar refractivity (Wildman–Crippen MR) is 110 cm³/mol. The highest BCUT2D eigenvalue weighted by molar-refractivity contribution is 7.19. The van der Waals surface area contributed by atoms with Crippen molar-refractivity contribution in [2.75, 3.05) is 5.32 Å². The molecule has 0 saturated carbocycles. The lowest BCUT2D eigenvalue weighted by Crippen LogP contribution is -2.29. The number of urea groups is 1. The van der Waals surface area contributed by atoms with E-state index in [2.05, 4.69) is 20.7 Å². The number of halogens is 1. The topological polar surface area (TPSA) is 88.4 Å². The lowest BCUT2D eigenvalue weighted by Gasteiger charge is -2.07. The van der Waals surface area contributed by atoms with Gasteiger partial charge in [0.25, 0.3) is 5.56 Å². The van der Waals surface area contributed by atoms with E-state index < -0.39 is 6.03 Å². The van der Waals surface area contributed by atoms with Gasteiger partial charge in [-0.15, -0.1) is 0 Å². The summed E-state index contributed by atoms with van der Waals surface area (Å²) in [6, 6.07) is 14.1. The van der Waals surface area contributed by atoms with E-state index in [0.717, 1.165) is 11.1 Å². The van der Waals surface area contributed by atoms with E-state index in [1.807, 2.05) is 31.2 Å². The van der Waals surface area contributed by atoms with E-state index in [9.17, 15) is 14.0 Å². The van der Waals surface area contributed by atoms with Gasteiger partial charge in [0.15, 0.2) is 0 Å². The number of nitrogens with zero attached hydrogens (tertiary/aromatic N) is 3. The minimum absolute atomic E-state index is 0.0658. The van der Waals surface area contributed by atoms with Crippen LogP contribution in [0.5, 0.6) is 0 Å². The summed E-state index contributed by atoms with van der Waals surface area (Å²) in [6.45, 7) is 2.04. The lowest BCUT2D eigenvalue weighted by molar-refractivity contribution is 0.251. The number of fused-ring (bicyclic) bond motifs is 1. The van der Waals surface area contributed by atoms with Crippen LogP contribution >= 0.6 is 11.3 Å². The fourth-order valence-electron chi connectivity index (χ4n) is 2.75. The molecule has 0 spiro atoms. The first kappa shape index (κ1) is 18.8. The molecule has 146 valence electrons. The second-order valence-corrected chi connectivity index (χ2v) is 7.27. The van der Waals surface area contributed by atoms with Crippen LogP contribution in [-0.4, -0.2) is 20.6 Å². The molecule has 0 saturated heterocycles. The third-order valence-corrected chi connectivity index (χ3v) is 5.15. The summed E-state index contributed by atoms with van der Waals surface area (Å²) < 4.78 is 14.2. The first-order valence-corrected chi connectivity index (χ1v) is 9.57. The summed E-state index contributed by atoms with van der Waals surface area (Å²) in [5.41, 5.74) is 2.56. The van der Waals surface area contributed by atoms with Crippen molar-refractivity contribution in [3.8, 4) is 10.6 Å². The molecular formula is C20H16FN5O2S. The number of aromatic nitrogens is 3. The second kappa shape index (κ2) is 7.80. The molecule has 2 N–H and O–H groups in total. The standard InChI is InChI=1S/C20H16FN5O2S/c1-12-4-2-3-5-16(12)18-25-26-17(27)10-15(24-20(26)29-18)11-22-19(28)23-14-8-6-13(21)7-9-14/h2-10H,11H2,1H3,(H2,22,23,28). The number of hydrogen-bond donors (Lipinski definition) is 2. The Hall–Kier alpha value is -3.59. The fraction of sp³-hybridized carbons (Fsp3) is 0.100. The number of carbonyl (C=O) groups is 1. The van der Waals surface area contributed by atoms with Crippen LogP contribution in [-0.2, 0) is 6.54 Å². The molecule has 4 rings (SSSR count). The molecule has 0 aliphatic heterocycles. The Morgan fingerprint density at radius 2 is 1.93 bits per heavy atom.